The molecule has 0 spiro atoms. The maximum Gasteiger partial charge on any atom is 0.250 e. The zero-order valence-corrected chi connectivity index (χ0v) is 18.6. The van der Waals surface area contributed by atoms with E-state index in [1.54, 1.807) is 30.6 Å². The van der Waals surface area contributed by atoms with Crippen LogP contribution in [0.3, 0.4) is 0 Å². The molecule has 0 saturated carbocycles. The fourth-order valence-corrected chi connectivity index (χ4v) is 3.18. The van der Waals surface area contributed by atoms with Crippen LogP contribution in [-0.4, -0.2) is 32.5 Å². The lowest BCUT2D eigenvalue weighted by molar-refractivity contribution is 0.318. The molecule has 2 rings (SSSR count). The van der Waals surface area contributed by atoms with Crippen LogP contribution in [0, 0.1) is 0 Å². The smallest absolute Gasteiger partial charge is 0.250 e. The standard InChI is InChI=1S/C22H30N2O3Si/c1-7-26-21-14-18(10-13-20(21)25)16-24-23-15-17-8-11-19(12-9-17)27-28(5,6)22(2,3)4/h8-16,25H,7H2,1-6H3/b23-15+,24-16+. The van der Waals surface area contributed by atoms with Crippen LogP contribution in [0.25, 0.3) is 0 Å². The third-order valence-corrected chi connectivity index (χ3v) is 9.18. The molecular weight excluding hydrogens is 368 g/mol. The van der Waals surface area contributed by atoms with Crippen molar-refractivity contribution in [1.29, 1.82) is 0 Å². The normalized spacial score (nSPS) is 12.6. The van der Waals surface area contributed by atoms with Crippen molar-refractivity contribution in [3.05, 3.63) is 53.6 Å². The van der Waals surface area contributed by atoms with E-state index >= 15 is 0 Å². The lowest BCUT2D eigenvalue weighted by Gasteiger charge is -2.36. The van der Waals surface area contributed by atoms with Crippen LogP contribution in [0.15, 0.2) is 52.7 Å². The summed E-state index contributed by atoms with van der Waals surface area (Å²) in [4.78, 5) is 0. The maximum absolute atomic E-state index is 9.72. The molecular formula is C22H30N2O3Si. The maximum atomic E-state index is 9.72. The molecule has 150 valence electrons. The van der Waals surface area contributed by atoms with Crippen molar-refractivity contribution in [2.24, 2.45) is 10.2 Å². The molecule has 0 fully saturated rings. The number of nitrogens with zero attached hydrogens (tertiary/aromatic N) is 2. The second-order valence-corrected chi connectivity index (χ2v) is 12.8. The summed E-state index contributed by atoms with van der Waals surface area (Å²) in [6, 6.07) is 12.9. The molecule has 0 bridgehead atoms. The zero-order chi connectivity index (χ0) is 20.8. The van der Waals surface area contributed by atoms with Crippen LogP contribution in [-0.2, 0) is 0 Å². The van der Waals surface area contributed by atoms with E-state index in [2.05, 4.69) is 44.1 Å². The molecule has 2 aromatic rings. The summed E-state index contributed by atoms with van der Waals surface area (Å²) >= 11 is 0. The van der Waals surface area contributed by atoms with Crippen LogP contribution in [0.1, 0.15) is 38.8 Å². The van der Waals surface area contributed by atoms with Gasteiger partial charge in [0, 0.05) is 0 Å². The van der Waals surface area contributed by atoms with Crippen molar-refractivity contribution >= 4 is 20.7 Å². The molecule has 0 unspecified atom stereocenters. The van der Waals surface area contributed by atoms with E-state index in [9.17, 15) is 5.11 Å². The van der Waals surface area contributed by atoms with E-state index in [1.807, 2.05) is 31.2 Å². The summed E-state index contributed by atoms with van der Waals surface area (Å²) < 4.78 is 11.6. The van der Waals surface area contributed by atoms with Gasteiger partial charge in [0.25, 0.3) is 0 Å². The lowest BCUT2D eigenvalue weighted by atomic mass is 10.2. The fourth-order valence-electron chi connectivity index (χ4n) is 2.15. The Morgan fingerprint density at radius 2 is 1.54 bits per heavy atom. The molecule has 0 saturated heterocycles. The second-order valence-electron chi connectivity index (χ2n) is 8.08. The first-order valence-electron chi connectivity index (χ1n) is 9.43. The van der Waals surface area contributed by atoms with Crippen molar-refractivity contribution in [2.75, 3.05) is 6.61 Å². The Balaban J connectivity index is 2.00. The van der Waals surface area contributed by atoms with E-state index in [0.717, 1.165) is 16.9 Å². The van der Waals surface area contributed by atoms with Crippen LogP contribution < -0.4 is 9.16 Å². The van der Waals surface area contributed by atoms with Gasteiger partial charge in [-0.3, -0.25) is 0 Å². The minimum Gasteiger partial charge on any atom is -0.544 e. The second kappa shape index (κ2) is 9.06. The van der Waals surface area contributed by atoms with Gasteiger partial charge in [0.1, 0.15) is 5.75 Å². The number of aromatic hydroxyl groups is 1. The molecule has 1 N–H and O–H groups in total. The lowest BCUT2D eigenvalue weighted by Crippen LogP contribution is -2.43. The van der Waals surface area contributed by atoms with Crippen LogP contribution >= 0.6 is 0 Å². The number of hydrogen-bond acceptors (Lipinski definition) is 5. The number of benzene rings is 2. The molecule has 0 aliphatic heterocycles. The van der Waals surface area contributed by atoms with Gasteiger partial charge in [-0.25, -0.2) is 0 Å². The first kappa shape index (κ1) is 21.7. The molecule has 0 aliphatic carbocycles. The highest BCUT2D eigenvalue weighted by Crippen LogP contribution is 2.37. The van der Waals surface area contributed by atoms with Crippen molar-refractivity contribution in [3.63, 3.8) is 0 Å². The SMILES string of the molecule is CCOc1cc(/C=N/N=C/c2ccc(O[Si](C)(C)C(C)(C)C)cc2)ccc1O. The van der Waals surface area contributed by atoms with Gasteiger partial charge in [-0.15, -0.1) is 0 Å². The van der Waals surface area contributed by atoms with Gasteiger partial charge in [0.05, 0.1) is 19.0 Å². The Labute approximate surface area is 168 Å². The molecule has 0 amide bonds. The molecule has 28 heavy (non-hydrogen) atoms. The van der Waals surface area contributed by atoms with E-state index in [-0.39, 0.29) is 10.8 Å². The third kappa shape index (κ3) is 5.95. The van der Waals surface area contributed by atoms with Crippen LogP contribution in [0.4, 0.5) is 0 Å². The minimum absolute atomic E-state index is 0.113. The molecule has 0 heterocycles. The van der Waals surface area contributed by atoms with E-state index in [4.69, 9.17) is 9.16 Å². The monoisotopic (exact) mass is 398 g/mol. The molecule has 0 aliphatic rings. The topological polar surface area (TPSA) is 63.4 Å². The summed E-state index contributed by atoms with van der Waals surface area (Å²) in [7, 11) is -1.83. The van der Waals surface area contributed by atoms with Gasteiger partial charge in [-0.05, 0) is 78.6 Å². The Morgan fingerprint density at radius 3 is 2.11 bits per heavy atom. The fraction of sp³-hybridized carbons (Fsp3) is 0.364. The van der Waals surface area contributed by atoms with Gasteiger partial charge in [0.2, 0.25) is 8.32 Å². The summed E-state index contributed by atoms with van der Waals surface area (Å²) in [5.74, 6) is 1.44. The van der Waals surface area contributed by atoms with Crippen molar-refractivity contribution in [1.82, 2.24) is 0 Å². The number of ether oxygens (including phenoxy) is 1. The van der Waals surface area contributed by atoms with Crippen molar-refractivity contribution < 1.29 is 14.3 Å². The summed E-state index contributed by atoms with van der Waals surface area (Å²) in [6.07, 6.45) is 3.31. The Bertz CT molecular complexity index is 838. The highest BCUT2D eigenvalue weighted by atomic mass is 28.4. The highest BCUT2D eigenvalue weighted by Gasteiger charge is 2.38. The third-order valence-electron chi connectivity index (χ3n) is 4.82. The summed E-state index contributed by atoms with van der Waals surface area (Å²) in [5, 5.41) is 18.0. The van der Waals surface area contributed by atoms with Gasteiger partial charge in [0.15, 0.2) is 11.5 Å². The number of phenols is 1. The highest BCUT2D eigenvalue weighted by molar-refractivity contribution is 6.74. The quantitative estimate of drug-likeness (QED) is 0.373. The first-order chi connectivity index (χ1) is 13.1. The average molecular weight is 399 g/mol. The molecule has 5 nitrogen and oxygen atoms in total. The Kier molecular flexibility index (Phi) is 7.02. The molecule has 2 aromatic carbocycles. The van der Waals surface area contributed by atoms with Gasteiger partial charge in [-0.1, -0.05) is 20.8 Å². The van der Waals surface area contributed by atoms with E-state index in [1.165, 1.54) is 0 Å². The largest absolute Gasteiger partial charge is 0.544 e. The van der Waals surface area contributed by atoms with Gasteiger partial charge < -0.3 is 14.3 Å². The van der Waals surface area contributed by atoms with Gasteiger partial charge in [-0.2, -0.15) is 10.2 Å². The van der Waals surface area contributed by atoms with E-state index < -0.39 is 8.32 Å². The van der Waals surface area contributed by atoms with Gasteiger partial charge >= 0.3 is 0 Å². The molecule has 0 aromatic heterocycles. The van der Waals surface area contributed by atoms with Crippen LogP contribution in [0.5, 0.6) is 17.2 Å². The molecule has 6 heteroatoms. The number of phenolic OH excluding ortho intramolecular Hbond substituents is 1. The average Bonchev–Trinajstić information content (AvgIpc) is 2.61. The molecule has 0 atom stereocenters. The van der Waals surface area contributed by atoms with E-state index in [0.29, 0.717) is 12.4 Å². The van der Waals surface area contributed by atoms with Crippen molar-refractivity contribution in [2.45, 2.75) is 45.8 Å². The summed E-state index contributed by atoms with van der Waals surface area (Å²) in [5.41, 5.74) is 1.75. The number of rotatable bonds is 7. The zero-order valence-electron chi connectivity index (χ0n) is 17.6. The first-order valence-corrected chi connectivity index (χ1v) is 12.3. The predicted octanol–water partition coefficient (Wildman–Crippen LogP) is 5.63. The summed E-state index contributed by atoms with van der Waals surface area (Å²) in [6.45, 7) is 13.5. The van der Waals surface area contributed by atoms with Crippen LogP contribution in [0.2, 0.25) is 18.1 Å². The Hall–Kier alpha value is -2.60. The Morgan fingerprint density at radius 1 is 0.964 bits per heavy atom. The minimum atomic E-state index is -1.83. The molecule has 0 radical (unpaired) electrons. The number of hydrogen-bond donors (Lipinski definition) is 1. The van der Waals surface area contributed by atoms with Crippen molar-refractivity contribution in [3.8, 4) is 17.2 Å². The predicted molar refractivity (Wildman–Crippen MR) is 119 cm³/mol.